The fourth-order valence-electron chi connectivity index (χ4n) is 1.51. The Morgan fingerprint density at radius 2 is 2.07 bits per heavy atom. The van der Waals surface area contributed by atoms with Crippen LogP contribution in [-0.2, 0) is 6.42 Å². The molecule has 1 atom stereocenters. The van der Waals surface area contributed by atoms with Crippen LogP contribution in [0.3, 0.4) is 0 Å². The van der Waals surface area contributed by atoms with Crippen LogP contribution in [0.2, 0.25) is 0 Å². The highest BCUT2D eigenvalue weighted by Gasteiger charge is 2.04. The molecule has 3 heteroatoms. The lowest BCUT2D eigenvalue weighted by Crippen LogP contribution is -2.06. The van der Waals surface area contributed by atoms with Gasteiger partial charge in [-0.3, -0.25) is 0 Å². The molecular formula is C12H15N3. The minimum Gasteiger partial charge on any atom is -0.344 e. The van der Waals surface area contributed by atoms with Crippen molar-refractivity contribution in [2.24, 2.45) is 5.73 Å². The summed E-state index contributed by atoms with van der Waals surface area (Å²) in [7, 11) is 0. The third kappa shape index (κ3) is 2.44. The third-order valence-electron chi connectivity index (χ3n) is 2.32. The van der Waals surface area contributed by atoms with E-state index >= 15 is 0 Å². The molecule has 78 valence electrons. The summed E-state index contributed by atoms with van der Waals surface area (Å²) < 4.78 is 0. The number of nitrogens with one attached hydrogen (secondary N) is 1. The van der Waals surface area contributed by atoms with Crippen molar-refractivity contribution in [3.05, 3.63) is 53.6 Å². The number of aromatic amines is 1. The number of H-pyrrole nitrogens is 1. The average Bonchev–Trinajstić information content (AvgIpc) is 2.68. The molecule has 0 saturated heterocycles. The quantitative estimate of drug-likeness (QED) is 0.798. The van der Waals surface area contributed by atoms with Crippen LogP contribution in [0.4, 0.5) is 0 Å². The zero-order valence-electron chi connectivity index (χ0n) is 8.77. The molecule has 0 aliphatic heterocycles. The average molecular weight is 201 g/mol. The molecule has 1 aromatic heterocycles. The van der Waals surface area contributed by atoms with Crippen LogP contribution in [-0.4, -0.2) is 9.97 Å². The lowest BCUT2D eigenvalue weighted by atomic mass is 10.1. The van der Waals surface area contributed by atoms with Crippen LogP contribution < -0.4 is 5.73 Å². The van der Waals surface area contributed by atoms with E-state index in [1.54, 1.807) is 0 Å². The largest absolute Gasteiger partial charge is 0.344 e. The molecule has 0 radical (unpaired) electrons. The number of nitrogens with zero attached hydrogens (tertiary/aromatic N) is 1. The Morgan fingerprint density at radius 1 is 1.33 bits per heavy atom. The summed E-state index contributed by atoms with van der Waals surface area (Å²) >= 11 is 0. The summed E-state index contributed by atoms with van der Waals surface area (Å²) in [6, 6.07) is 10.3. The zero-order chi connectivity index (χ0) is 10.7. The third-order valence-corrected chi connectivity index (χ3v) is 2.32. The second kappa shape index (κ2) is 4.28. The summed E-state index contributed by atoms with van der Waals surface area (Å²) in [5.41, 5.74) is 8.11. The normalized spacial score (nSPS) is 12.7. The number of hydrogen-bond acceptors (Lipinski definition) is 2. The van der Waals surface area contributed by atoms with Crippen molar-refractivity contribution in [3.63, 3.8) is 0 Å². The van der Waals surface area contributed by atoms with Crippen LogP contribution >= 0.6 is 0 Å². The first-order valence-electron chi connectivity index (χ1n) is 5.09. The molecule has 1 aromatic carbocycles. The molecule has 0 amide bonds. The van der Waals surface area contributed by atoms with Gasteiger partial charge >= 0.3 is 0 Å². The molecule has 3 N–H and O–H groups in total. The lowest BCUT2D eigenvalue weighted by Gasteiger charge is -2.00. The molecule has 0 fully saturated rings. The van der Waals surface area contributed by atoms with Crippen LogP contribution in [0.1, 0.15) is 30.0 Å². The van der Waals surface area contributed by atoms with Crippen molar-refractivity contribution in [1.82, 2.24) is 9.97 Å². The van der Waals surface area contributed by atoms with Gasteiger partial charge in [0, 0.05) is 18.3 Å². The maximum absolute atomic E-state index is 5.73. The monoisotopic (exact) mass is 201 g/mol. The van der Waals surface area contributed by atoms with E-state index in [4.69, 9.17) is 5.73 Å². The molecule has 1 heterocycles. The van der Waals surface area contributed by atoms with E-state index in [2.05, 4.69) is 22.1 Å². The van der Waals surface area contributed by atoms with Crippen LogP contribution in [0, 0.1) is 0 Å². The number of aromatic nitrogens is 2. The topological polar surface area (TPSA) is 54.7 Å². The van der Waals surface area contributed by atoms with E-state index in [9.17, 15) is 0 Å². The van der Waals surface area contributed by atoms with Gasteiger partial charge in [0.05, 0.1) is 6.04 Å². The minimum atomic E-state index is -0.0328. The van der Waals surface area contributed by atoms with E-state index in [-0.39, 0.29) is 6.04 Å². The molecule has 15 heavy (non-hydrogen) atoms. The van der Waals surface area contributed by atoms with E-state index in [0.717, 1.165) is 17.9 Å². The van der Waals surface area contributed by atoms with E-state index in [1.165, 1.54) is 5.56 Å². The highest BCUT2D eigenvalue weighted by Crippen LogP contribution is 2.09. The van der Waals surface area contributed by atoms with Gasteiger partial charge in [0.25, 0.3) is 0 Å². The van der Waals surface area contributed by atoms with Gasteiger partial charge in [0.15, 0.2) is 0 Å². The number of nitrogens with two attached hydrogens (primary N) is 1. The number of hydrogen-bond donors (Lipinski definition) is 2. The molecule has 0 aliphatic carbocycles. The molecular weight excluding hydrogens is 186 g/mol. The summed E-state index contributed by atoms with van der Waals surface area (Å²) in [4.78, 5) is 7.46. The number of rotatable bonds is 3. The van der Waals surface area contributed by atoms with Crippen LogP contribution in [0.5, 0.6) is 0 Å². The first-order valence-corrected chi connectivity index (χ1v) is 5.09. The van der Waals surface area contributed by atoms with Crippen LogP contribution in [0.25, 0.3) is 0 Å². The molecule has 1 unspecified atom stereocenters. The second-order valence-corrected chi connectivity index (χ2v) is 3.74. The second-order valence-electron chi connectivity index (χ2n) is 3.74. The van der Waals surface area contributed by atoms with Gasteiger partial charge in [-0.15, -0.1) is 0 Å². The van der Waals surface area contributed by atoms with Gasteiger partial charge in [0.2, 0.25) is 0 Å². The van der Waals surface area contributed by atoms with E-state index < -0.39 is 0 Å². The molecule has 0 spiro atoms. The first-order chi connectivity index (χ1) is 7.25. The Morgan fingerprint density at radius 3 is 2.67 bits per heavy atom. The van der Waals surface area contributed by atoms with Gasteiger partial charge in [0.1, 0.15) is 5.82 Å². The zero-order valence-corrected chi connectivity index (χ0v) is 8.77. The van der Waals surface area contributed by atoms with Crippen molar-refractivity contribution in [2.75, 3.05) is 0 Å². The van der Waals surface area contributed by atoms with Gasteiger partial charge in [-0.2, -0.15) is 0 Å². The maximum atomic E-state index is 5.73. The highest BCUT2D eigenvalue weighted by atomic mass is 14.9. The Hall–Kier alpha value is -1.61. The summed E-state index contributed by atoms with van der Waals surface area (Å²) in [5, 5.41) is 0. The van der Waals surface area contributed by atoms with E-state index in [1.807, 2.05) is 31.3 Å². The molecule has 3 nitrogen and oxygen atoms in total. The molecule has 0 bridgehead atoms. The van der Waals surface area contributed by atoms with Crippen molar-refractivity contribution in [3.8, 4) is 0 Å². The van der Waals surface area contributed by atoms with Gasteiger partial charge in [-0.25, -0.2) is 4.98 Å². The Kier molecular flexibility index (Phi) is 2.83. The smallest absolute Gasteiger partial charge is 0.122 e. The standard InChI is InChI=1S/C12H15N3/c1-9(13)12-14-8-11(15-12)7-10-5-3-2-4-6-10/h2-6,8-9H,7,13H2,1H3,(H,14,15). The van der Waals surface area contributed by atoms with E-state index in [0.29, 0.717) is 0 Å². The number of benzene rings is 1. The molecule has 0 saturated carbocycles. The van der Waals surface area contributed by atoms with Gasteiger partial charge in [-0.1, -0.05) is 30.3 Å². The molecule has 2 aromatic rings. The maximum Gasteiger partial charge on any atom is 0.122 e. The van der Waals surface area contributed by atoms with Gasteiger partial charge < -0.3 is 10.7 Å². The van der Waals surface area contributed by atoms with Gasteiger partial charge in [-0.05, 0) is 12.5 Å². The van der Waals surface area contributed by atoms with Crippen LogP contribution in [0.15, 0.2) is 36.5 Å². The Labute approximate surface area is 89.4 Å². The van der Waals surface area contributed by atoms with Crippen molar-refractivity contribution in [1.29, 1.82) is 0 Å². The highest BCUT2D eigenvalue weighted by molar-refractivity contribution is 5.21. The summed E-state index contributed by atoms with van der Waals surface area (Å²) in [6.07, 6.45) is 2.73. The number of imidazole rings is 1. The fraction of sp³-hybridized carbons (Fsp3) is 0.250. The summed E-state index contributed by atoms with van der Waals surface area (Å²) in [6.45, 7) is 1.92. The SMILES string of the molecule is CC(N)c1ncc(Cc2ccccc2)[nH]1. The molecule has 0 aliphatic rings. The summed E-state index contributed by atoms with van der Waals surface area (Å²) in [5.74, 6) is 0.848. The van der Waals surface area contributed by atoms with Crippen molar-refractivity contribution < 1.29 is 0 Å². The van der Waals surface area contributed by atoms with Crippen molar-refractivity contribution >= 4 is 0 Å². The minimum absolute atomic E-state index is 0.0328. The lowest BCUT2D eigenvalue weighted by molar-refractivity contribution is 0.752. The Bertz CT molecular complexity index is 417. The first kappa shape index (κ1) is 9.93. The molecule has 2 rings (SSSR count). The Balaban J connectivity index is 2.12. The predicted molar refractivity (Wildman–Crippen MR) is 60.4 cm³/mol. The fourth-order valence-corrected chi connectivity index (χ4v) is 1.51. The predicted octanol–water partition coefficient (Wildman–Crippen LogP) is 2.02. The van der Waals surface area contributed by atoms with Crippen molar-refractivity contribution in [2.45, 2.75) is 19.4 Å².